The predicted octanol–water partition coefficient (Wildman–Crippen LogP) is 1.19. The van der Waals surface area contributed by atoms with E-state index in [1.54, 1.807) is 12.4 Å². The van der Waals surface area contributed by atoms with E-state index < -0.39 is 0 Å². The molecule has 1 aromatic rings. The van der Waals surface area contributed by atoms with E-state index in [2.05, 4.69) is 15.6 Å². The summed E-state index contributed by atoms with van der Waals surface area (Å²) in [5, 5.41) is 6.22. The highest BCUT2D eigenvalue weighted by Crippen LogP contribution is 2.19. The first kappa shape index (κ1) is 12.3. The molecular formula is C11H18N4O. The van der Waals surface area contributed by atoms with Gasteiger partial charge in [-0.15, -0.1) is 0 Å². The zero-order chi connectivity index (χ0) is 12.2. The highest BCUT2D eigenvalue weighted by molar-refractivity contribution is 5.75. The van der Waals surface area contributed by atoms with E-state index in [1.807, 2.05) is 27.0 Å². The Morgan fingerprint density at radius 1 is 1.44 bits per heavy atom. The minimum atomic E-state index is -0.375. The van der Waals surface area contributed by atoms with Gasteiger partial charge in [0.2, 0.25) is 5.91 Å². The second-order valence-corrected chi connectivity index (χ2v) is 4.36. The number of amides is 1. The summed E-state index contributed by atoms with van der Waals surface area (Å²) in [4.78, 5) is 15.0. The number of hydrogen-bond acceptors (Lipinski definition) is 4. The van der Waals surface area contributed by atoms with Gasteiger partial charge in [-0.25, -0.2) is 0 Å². The van der Waals surface area contributed by atoms with Gasteiger partial charge in [0.05, 0.1) is 23.8 Å². The number of nitrogens with two attached hydrogens (primary N) is 1. The zero-order valence-corrected chi connectivity index (χ0v) is 9.87. The second-order valence-electron chi connectivity index (χ2n) is 4.36. The largest absolute Gasteiger partial charge is 0.387 e. The lowest BCUT2D eigenvalue weighted by Crippen LogP contribution is -2.36. The molecule has 0 aliphatic heterocycles. The van der Waals surface area contributed by atoms with E-state index in [-0.39, 0.29) is 17.9 Å². The maximum absolute atomic E-state index is 10.9. The third-order valence-electron chi connectivity index (χ3n) is 2.13. The van der Waals surface area contributed by atoms with Crippen LogP contribution < -0.4 is 16.4 Å². The molecule has 1 rings (SSSR count). The first-order valence-corrected chi connectivity index (χ1v) is 5.12. The van der Waals surface area contributed by atoms with Gasteiger partial charge in [-0.1, -0.05) is 0 Å². The van der Waals surface area contributed by atoms with Crippen molar-refractivity contribution < 1.29 is 4.79 Å². The first-order valence-electron chi connectivity index (χ1n) is 5.12. The number of nitrogens with one attached hydrogen (secondary N) is 2. The van der Waals surface area contributed by atoms with Gasteiger partial charge in [-0.3, -0.25) is 9.78 Å². The van der Waals surface area contributed by atoms with Crippen LogP contribution in [0.4, 0.5) is 11.4 Å². The van der Waals surface area contributed by atoms with Crippen LogP contribution in [-0.2, 0) is 4.79 Å². The van der Waals surface area contributed by atoms with Gasteiger partial charge in [0, 0.05) is 19.0 Å². The highest BCUT2D eigenvalue weighted by atomic mass is 16.1. The van der Waals surface area contributed by atoms with E-state index in [0.29, 0.717) is 0 Å². The number of pyridine rings is 1. The number of carbonyl (C=O) groups excluding carboxylic acids is 1. The van der Waals surface area contributed by atoms with Crippen LogP contribution in [0.15, 0.2) is 18.5 Å². The molecule has 0 aromatic carbocycles. The Balaban J connectivity index is 2.75. The van der Waals surface area contributed by atoms with Crippen LogP contribution in [0.1, 0.15) is 20.3 Å². The van der Waals surface area contributed by atoms with Crippen LogP contribution in [0.2, 0.25) is 0 Å². The summed E-state index contributed by atoms with van der Waals surface area (Å²) >= 11 is 0. The van der Waals surface area contributed by atoms with Gasteiger partial charge in [0.25, 0.3) is 0 Å². The minimum Gasteiger partial charge on any atom is -0.387 e. The lowest BCUT2D eigenvalue weighted by molar-refractivity contribution is -0.118. The van der Waals surface area contributed by atoms with Crippen molar-refractivity contribution in [3.05, 3.63) is 18.5 Å². The van der Waals surface area contributed by atoms with Gasteiger partial charge >= 0.3 is 0 Å². The van der Waals surface area contributed by atoms with Crippen molar-refractivity contribution in [1.82, 2.24) is 4.98 Å². The summed E-state index contributed by atoms with van der Waals surface area (Å²) < 4.78 is 0. The molecule has 4 N–H and O–H groups in total. The Hall–Kier alpha value is -1.78. The Kier molecular flexibility index (Phi) is 3.71. The quantitative estimate of drug-likeness (QED) is 0.699. The fourth-order valence-electron chi connectivity index (χ4n) is 1.52. The van der Waals surface area contributed by atoms with Crippen molar-refractivity contribution in [2.75, 3.05) is 17.7 Å². The number of nitrogens with zero attached hydrogens (tertiary/aromatic N) is 1. The number of hydrogen-bond donors (Lipinski definition) is 3. The minimum absolute atomic E-state index is 0.275. The van der Waals surface area contributed by atoms with E-state index in [1.165, 1.54) is 0 Å². The molecule has 0 aliphatic rings. The molecule has 0 aliphatic carbocycles. The lowest BCUT2D eigenvalue weighted by Gasteiger charge is -2.26. The SMILES string of the molecule is CNc1cncc(NC(C)(C)CC(N)=O)c1. The first-order chi connectivity index (χ1) is 7.43. The third-order valence-corrected chi connectivity index (χ3v) is 2.13. The Morgan fingerprint density at radius 2 is 2.06 bits per heavy atom. The normalized spacial score (nSPS) is 10.9. The molecule has 1 heterocycles. The smallest absolute Gasteiger partial charge is 0.219 e. The molecule has 0 atom stereocenters. The summed E-state index contributed by atoms with van der Waals surface area (Å²) in [5.41, 5.74) is 6.58. The maximum Gasteiger partial charge on any atom is 0.219 e. The lowest BCUT2D eigenvalue weighted by atomic mass is 10.00. The van der Waals surface area contributed by atoms with Crippen molar-refractivity contribution in [3.63, 3.8) is 0 Å². The summed E-state index contributed by atoms with van der Waals surface area (Å²) in [5.74, 6) is -0.324. The average Bonchev–Trinajstić information content (AvgIpc) is 2.15. The van der Waals surface area contributed by atoms with E-state index in [0.717, 1.165) is 11.4 Å². The Labute approximate surface area is 95.4 Å². The van der Waals surface area contributed by atoms with E-state index in [4.69, 9.17) is 5.73 Å². The monoisotopic (exact) mass is 222 g/mol. The summed E-state index contributed by atoms with van der Waals surface area (Å²) in [6, 6.07) is 1.93. The van der Waals surface area contributed by atoms with E-state index >= 15 is 0 Å². The molecule has 5 heteroatoms. The van der Waals surface area contributed by atoms with Gasteiger partial charge in [0.1, 0.15) is 0 Å². The summed E-state index contributed by atoms with van der Waals surface area (Å²) in [6.07, 6.45) is 3.71. The topological polar surface area (TPSA) is 80.0 Å². The molecule has 0 saturated heterocycles. The van der Waals surface area contributed by atoms with Crippen LogP contribution in [0.3, 0.4) is 0 Å². The molecule has 1 amide bonds. The molecule has 0 unspecified atom stereocenters. The van der Waals surface area contributed by atoms with Crippen LogP contribution >= 0.6 is 0 Å². The third kappa shape index (κ3) is 3.76. The summed E-state index contributed by atoms with van der Waals surface area (Å²) in [7, 11) is 1.83. The Morgan fingerprint density at radius 3 is 2.62 bits per heavy atom. The molecule has 0 saturated carbocycles. The number of rotatable bonds is 5. The molecule has 1 aromatic heterocycles. The fourth-order valence-corrected chi connectivity index (χ4v) is 1.52. The maximum atomic E-state index is 10.9. The molecule has 16 heavy (non-hydrogen) atoms. The van der Waals surface area contributed by atoms with Crippen LogP contribution in [0, 0.1) is 0 Å². The predicted molar refractivity (Wildman–Crippen MR) is 65.3 cm³/mol. The number of aromatic nitrogens is 1. The molecule has 5 nitrogen and oxygen atoms in total. The molecule has 0 fully saturated rings. The van der Waals surface area contributed by atoms with Gasteiger partial charge in [0.15, 0.2) is 0 Å². The highest BCUT2D eigenvalue weighted by Gasteiger charge is 2.20. The second kappa shape index (κ2) is 4.83. The fraction of sp³-hybridized carbons (Fsp3) is 0.455. The molecule has 0 bridgehead atoms. The van der Waals surface area contributed by atoms with Crippen LogP contribution in [0.25, 0.3) is 0 Å². The number of anilines is 2. The van der Waals surface area contributed by atoms with Crippen molar-refractivity contribution in [2.45, 2.75) is 25.8 Å². The summed E-state index contributed by atoms with van der Waals surface area (Å²) in [6.45, 7) is 3.84. The molecule has 0 radical (unpaired) electrons. The van der Waals surface area contributed by atoms with Gasteiger partial charge < -0.3 is 16.4 Å². The molecule has 0 spiro atoms. The molecule has 88 valence electrons. The van der Waals surface area contributed by atoms with Crippen molar-refractivity contribution in [3.8, 4) is 0 Å². The Bertz CT molecular complexity index is 376. The van der Waals surface area contributed by atoms with Gasteiger partial charge in [-0.05, 0) is 19.9 Å². The molecular weight excluding hydrogens is 204 g/mol. The van der Waals surface area contributed by atoms with Crippen LogP contribution in [0.5, 0.6) is 0 Å². The van der Waals surface area contributed by atoms with Crippen molar-refractivity contribution >= 4 is 17.3 Å². The number of primary amides is 1. The van der Waals surface area contributed by atoms with E-state index in [9.17, 15) is 4.79 Å². The zero-order valence-electron chi connectivity index (χ0n) is 9.87. The van der Waals surface area contributed by atoms with Gasteiger partial charge in [-0.2, -0.15) is 0 Å². The van der Waals surface area contributed by atoms with Crippen molar-refractivity contribution in [1.29, 1.82) is 0 Å². The standard InChI is InChI=1S/C11H18N4O/c1-11(2,5-10(12)16)15-9-4-8(13-3)6-14-7-9/h4,6-7,13,15H,5H2,1-3H3,(H2,12,16). The number of carbonyl (C=O) groups is 1. The van der Waals surface area contributed by atoms with Crippen molar-refractivity contribution in [2.24, 2.45) is 5.73 Å². The van der Waals surface area contributed by atoms with Crippen LogP contribution in [-0.4, -0.2) is 23.5 Å². The average molecular weight is 222 g/mol.